The number of likely N-dealkylation sites (tertiary alicyclic amines) is 1. The molecule has 1 aliphatic heterocycles. The van der Waals surface area contributed by atoms with E-state index >= 15 is 0 Å². The van der Waals surface area contributed by atoms with Crippen molar-refractivity contribution in [3.05, 3.63) is 36.3 Å². The second-order valence-electron chi connectivity index (χ2n) is 8.40. The summed E-state index contributed by atoms with van der Waals surface area (Å²) in [7, 11) is 0. The van der Waals surface area contributed by atoms with E-state index in [1.165, 1.54) is 36.6 Å². The molecule has 2 aliphatic rings. The monoisotopic (exact) mass is 350 g/mol. The largest absolute Gasteiger partial charge is 0.389 e. The Kier molecular flexibility index (Phi) is 3.76. The molecular formula is C21H26N4O. The standard InChI is InChI=1S/C21H26N4O/c1-21(26)7-10-25(13-21)15-4-2-3-14(11-15)16-5-8-22-18-12-24-20-17(19(16)18)6-9-23-20/h5-6,8-9,12,14-15,22,26H,2-4,7,10-11,13H2,1H3. The van der Waals surface area contributed by atoms with E-state index in [1.54, 1.807) is 0 Å². The first-order valence-corrected chi connectivity index (χ1v) is 9.78. The van der Waals surface area contributed by atoms with Crippen LogP contribution in [0, 0.1) is 0 Å². The molecule has 136 valence electrons. The van der Waals surface area contributed by atoms with Gasteiger partial charge in [-0.25, -0.2) is 9.97 Å². The molecule has 4 heterocycles. The number of H-pyrrole nitrogens is 1. The van der Waals surface area contributed by atoms with Crippen LogP contribution in [0.15, 0.2) is 30.7 Å². The first kappa shape index (κ1) is 16.2. The van der Waals surface area contributed by atoms with Gasteiger partial charge in [-0.2, -0.15) is 0 Å². The lowest BCUT2D eigenvalue weighted by Crippen LogP contribution is -2.39. The van der Waals surface area contributed by atoms with Crippen molar-refractivity contribution in [1.82, 2.24) is 19.9 Å². The van der Waals surface area contributed by atoms with Crippen molar-refractivity contribution in [1.29, 1.82) is 0 Å². The Bertz CT molecular complexity index is 947. The van der Waals surface area contributed by atoms with Crippen LogP contribution < -0.4 is 0 Å². The van der Waals surface area contributed by atoms with Gasteiger partial charge in [-0.3, -0.25) is 4.90 Å². The predicted octanol–water partition coefficient (Wildman–Crippen LogP) is 3.59. The number of hydrogen-bond acceptors (Lipinski definition) is 4. The highest BCUT2D eigenvalue weighted by molar-refractivity contribution is 6.05. The SMILES string of the molecule is CC1(O)CCN(C2CCCC(c3cc[nH]c4cnc5nccc5c34)C2)C1. The summed E-state index contributed by atoms with van der Waals surface area (Å²) in [5.74, 6) is 0.553. The molecule has 0 bridgehead atoms. The van der Waals surface area contributed by atoms with Crippen LogP contribution in [0.5, 0.6) is 0 Å². The number of pyridine rings is 2. The zero-order chi connectivity index (χ0) is 17.7. The van der Waals surface area contributed by atoms with Gasteiger partial charge >= 0.3 is 0 Å². The molecular weight excluding hydrogens is 324 g/mol. The summed E-state index contributed by atoms with van der Waals surface area (Å²) in [6.45, 7) is 3.81. The lowest BCUT2D eigenvalue weighted by Gasteiger charge is -2.36. The van der Waals surface area contributed by atoms with Gasteiger partial charge in [0.25, 0.3) is 0 Å². The third-order valence-corrected chi connectivity index (χ3v) is 6.41. The normalized spacial score (nSPS) is 30.4. The van der Waals surface area contributed by atoms with E-state index in [2.05, 4.69) is 32.0 Å². The molecule has 1 saturated carbocycles. The molecule has 1 saturated heterocycles. The fourth-order valence-electron chi connectivity index (χ4n) is 5.09. The number of aromatic nitrogens is 3. The summed E-state index contributed by atoms with van der Waals surface area (Å²) in [5.41, 5.74) is 2.84. The minimum Gasteiger partial charge on any atom is -0.389 e. The minimum absolute atomic E-state index is 0.514. The van der Waals surface area contributed by atoms with Gasteiger partial charge in [0.05, 0.1) is 17.3 Å². The Morgan fingerprint density at radius 1 is 1.27 bits per heavy atom. The molecule has 3 unspecified atom stereocenters. The molecule has 2 N–H and O–H groups in total. The molecule has 26 heavy (non-hydrogen) atoms. The number of nitrogens with zero attached hydrogens (tertiary/aromatic N) is 3. The van der Waals surface area contributed by atoms with Crippen LogP contribution in [-0.4, -0.2) is 49.7 Å². The Labute approximate surface area is 153 Å². The first-order valence-electron chi connectivity index (χ1n) is 9.78. The van der Waals surface area contributed by atoms with Gasteiger partial charge in [-0.1, -0.05) is 6.42 Å². The zero-order valence-electron chi connectivity index (χ0n) is 15.3. The van der Waals surface area contributed by atoms with E-state index in [4.69, 9.17) is 0 Å². The van der Waals surface area contributed by atoms with E-state index < -0.39 is 5.60 Å². The van der Waals surface area contributed by atoms with Gasteiger partial charge < -0.3 is 10.1 Å². The van der Waals surface area contributed by atoms with Crippen LogP contribution in [0.2, 0.25) is 0 Å². The summed E-state index contributed by atoms with van der Waals surface area (Å²) < 4.78 is 0. The second-order valence-corrected chi connectivity index (χ2v) is 8.40. The molecule has 1 aliphatic carbocycles. The molecule has 3 atom stereocenters. The van der Waals surface area contributed by atoms with Crippen molar-refractivity contribution < 1.29 is 5.11 Å². The quantitative estimate of drug-likeness (QED) is 0.741. The summed E-state index contributed by atoms with van der Waals surface area (Å²) >= 11 is 0. The minimum atomic E-state index is -0.514. The zero-order valence-corrected chi connectivity index (χ0v) is 15.3. The van der Waals surface area contributed by atoms with E-state index in [0.29, 0.717) is 12.0 Å². The van der Waals surface area contributed by atoms with Gasteiger partial charge in [0.1, 0.15) is 0 Å². The average Bonchev–Trinajstić information content (AvgIpc) is 3.27. The molecule has 0 aromatic carbocycles. The summed E-state index contributed by atoms with van der Waals surface area (Å²) in [6.07, 6.45) is 11.6. The highest BCUT2D eigenvalue weighted by atomic mass is 16.3. The number of hydrogen-bond donors (Lipinski definition) is 2. The molecule has 5 heteroatoms. The van der Waals surface area contributed by atoms with Crippen LogP contribution in [0.25, 0.3) is 21.9 Å². The van der Waals surface area contributed by atoms with Crippen LogP contribution in [0.4, 0.5) is 0 Å². The molecule has 3 aromatic rings. The lowest BCUT2D eigenvalue weighted by atomic mass is 9.79. The van der Waals surface area contributed by atoms with E-state index in [-0.39, 0.29) is 0 Å². The smallest absolute Gasteiger partial charge is 0.159 e. The van der Waals surface area contributed by atoms with Crippen LogP contribution in [-0.2, 0) is 0 Å². The molecule has 3 aromatic heterocycles. The summed E-state index contributed by atoms with van der Waals surface area (Å²) in [6, 6.07) is 4.92. The highest BCUT2D eigenvalue weighted by Crippen LogP contribution is 2.40. The Morgan fingerprint density at radius 3 is 3.04 bits per heavy atom. The molecule has 5 rings (SSSR count). The lowest BCUT2D eigenvalue weighted by molar-refractivity contribution is 0.0571. The molecule has 2 fully saturated rings. The fourth-order valence-corrected chi connectivity index (χ4v) is 5.09. The van der Waals surface area contributed by atoms with Crippen molar-refractivity contribution in [2.45, 2.75) is 56.6 Å². The topological polar surface area (TPSA) is 65.0 Å². The summed E-state index contributed by atoms with van der Waals surface area (Å²) in [5, 5.41) is 12.8. The fraction of sp³-hybridized carbons (Fsp3) is 0.524. The third-order valence-electron chi connectivity index (χ3n) is 6.41. The molecule has 0 spiro atoms. The van der Waals surface area contributed by atoms with Crippen molar-refractivity contribution >= 4 is 21.9 Å². The van der Waals surface area contributed by atoms with E-state index in [0.717, 1.165) is 36.1 Å². The van der Waals surface area contributed by atoms with E-state index in [9.17, 15) is 5.11 Å². The Balaban J connectivity index is 1.50. The Morgan fingerprint density at radius 2 is 2.19 bits per heavy atom. The van der Waals surface area contributed by atoms with Gasteiger partial charge in [-0.15, -0.1) is 0 Å². The predicted molar refractivity (Wildman–Crippen MR) is 103 cm³/mol. The van der Waals surface area contributed by atoms with Gasteiger partial charge in [0.15, 0.2) is 5.65 Å². The summed E-state index contributed by atoms with van der Waals surface area (Å²) in [4.78, 5) is 14.7. The number of fused-ring (bicyclic) bond motifs is 3. The number of nitrogens with one attached hydrogen (secondary N) is 1. The van der Waals surface area contributed by atoms with Crippen molar-refractivity contribution in [2.75, 3.05) is 13.1 Å². The number of aliphatic hydroxyl groups is 1. The van der Waals surface area contributed by atoms with Crippen LogP contribution in [0.1, 0.15) is 50.5 Å². The van der Waals surface area contributed by atoms with Crippen molar-refractivity contribution in [3.8, 4) is 0 Å². The van der Waals surface area contributed by atoms with Gasteiger partial charge in [-0.05, 0) is 56.2 Å². The molecule has 0 radical (unpaired) electrons. The maximum absolute atomic E-state index is 10.4. The number of β-amino-alcohol motifs (C(OH)–C–C–N with tert-alkyl or cyclic N) is 1. The Hall–Kier alpha value is -1.98. The second kappa shape index (κ2) is 6.03. The maximum atomic E-state index is 10.4. The number of aromatic amines is 1. The van der Waals surface area contributed by atoms with E-state index in [1.807, 2.05) is 25.5 Å². The molecule has 5 nitrogen and oxygen atoms in total. The van der Waals surface area contributed by atoms with Crippen molar-refractivity contribution in [3.63, 3.8) is 0 Å². The van der Waals surface area contributed by atoms with Gasteiger partial charge in [0, 0.05) is 42.3 Å². The first-order chi connectivity index (χ1) is 12.6. The number of rotatable bonds is 2. The average molecular weight is 350 g/mol. The van der Waals surface area contributed by atoms with Crippen LogP contribution >= 0.6 is 0 Å². The van der Waals surface area contributed by atoms with Gasteiger partial charge in [0.2, 0.25) is 0 Å². The maximum Gasteiger partial charge on any atom is 0.159 e. The highest BCUT2D eigenvalue weighted by Gasteiger charge is 2.37. The third kappa shape index (κ3) is 2.70. The van der Waals surface area contributed by atoms with Crippen molar-refractivity contribution in [2.24, 2.45) is 0 Å². The van der Waals surface area contributed by atoms with Crippen LogP contribution in [0.3, 0.4) is 0 Å². The molecule has 0 amide bonds.